The Morgan fingerprint density at radius 1 is 1.27 bits per heavy atom. The van der Waals surface area contributed by atoms with Crippen LogP contribution < -0.4 is 10.6 Å². The van der Waals surface area contributed by atoms with Gasteiger partial charge in [0.25, 0.3) is 0 Å². The molecule has 116 valence electrons. The van der Waals surface area contributed by atoms with E-state index in [1.54, 1.807) is 0 Å². The van der Waals surface area contributed by atoms with Gasteiger partial charge < -0.3 is 15.6 Å². The molecule has 3 rings (SSSR count). The van der Waals surface area contributed by atoms with Crippen LogP contribution in [-0.4, -0.2) is 29.4 Å². The lowest BCUT2D eigenvalue weighted by Crippen LogP contribution is -2.46. The Bertz CT molecular complexity index is 677. The number of benzene rings is 1. The number of carbonyl (C=O) groups is 2. The Labute approximate surface area is 129 Å². The van der Waals surface area contributed by atoms with E-state index in [4.69, 9.17) is 0 Å². The van der Waals surface area contributed by atoms with Crippen molar-refractivity contribution in [2.24, 2.45) is 0 Å². The number of hydrogen-bond acceptors (Lipinski definition) is 2. The van der Waals surface area contributed by atoms with Gasteiger partial charge in [0.15, 0.2) is 0 Å². The molecule has 1 atom stereocenters. The quantitative estimate of drug-likeness (QED) is 0.806. The summed E-state index contributed by atoms with van der Waals surface area (Å²) in [6.45, 7) is 0.576. The van der Waals surface area contributed by atoms with E-state index in [0.717, 1.165) is 31.2 Å². The molecule has 0 bridgehead atoms. The Morgan fingerprint density at radius 2 is 2.14 bits per heavy atom. The number of hydrogen-bond donors (Lipinski definition) is 3. The summed E-state index contributed by atoms with van der Waals surface area (Å²) in [5.41, 5.74) is 2.31. The van der Waals surface area contributed by atoms with Crippen LogP contribution in [0.4, 0.5) is 0 Å². The Kier molecular flexibility index (Phi) is 4.42. The molecule has 0 saturated carbocycles. The van der Waals surface area contributed by atoms with E-state index in [9.17, 15) is 9.59 Å². The van der Waals surface area contributed by atoms with Gasteiger partial charge in [0.1, 0.15) is 6.04 Å². The third-order valence-corrected chi connectivity index (χ3v) is 4.17. The number of aromatic amines is 1. The maximum Gasteiger partial charge on any atom is 0.242 e. The van der Waals surface area contributed by atoms with Crippen LogP contribution in [0.2, 0.25) is 0 Å². The van der Waals surface area contributed by atoms with Crippen LogP contribution in [0.1, 0.15) is 31.2 Å². The molecule has 1 saturated heterocycles. The Balaban J connectivity index is 1.54. The predicted octanol–water partition coefficient (Wildman–Crippen LogP) is 1.89. The van der Waals surface area contributed by atoms with Crippen LogP contribution in [0.25, 0.3) is 10.9 Å². The molecule has 0 radical (unpaired) electrons. The summed E-state index contributed by atoms with van der Waals surface area (Å²) in [5, 5.41) is 6.92. The van der Waals surface area contributed by atoms with Crippen LogP contribution in [0.15, 0.2) is 30.5 Å². The average molecular weight is 299 g/mol. The lowest BCUT2D eigenvalue weighted by Gasteiger charge is -2.15. The molecule has 1 unspecified atom stereocenters. The Hall–Kier alpha value is -2.30. The minimum Gasteiger partial charge on any atom is -0.361 e. The minimum atomic E-state index is -0.377. The average Bonchev–Trinajstić information content (AvgIpc) is 2.80. The molecule has 0 aliphatic carbocycles. The van der Waals surface area contributed by atoms with Crippen molar-refractivity contribution in [2.45, 2.75) is 38.1 Å². The molecule has 2 aromatic rings. The second kappa shape index (κ2) is 6.64. The maximum atomic E-state index is 12.2. The van der Waals surface area contributed by atoms with Crippen molar-refractivity contribution in [3.05, 3.63) is 36.0 Å². The van der Waals surface area contributed by atoms with Crippen LogP contribution in [-0.2, 0) is 16.0 Å². The molecule has 1 fully saturated rings. The second-order valence-electron chi connectivity index (χ2n) is 5.77. The zero-order valence-electron chi connectivity index (χ0n) is 12.5. The van der Waals surface area contributed by atoms with Crippen molar-refractivity contribution in [3.63, 3.8) is 0 Å². The standard InChI is InChI=1S/C17H21N3O2/c21-16-8-4-3-7-15(20-16)17(22)18-10-9-12-11-19-14-6-2-1-5-13(12)14/h1-2,5-6,11,15,19H,3-4,7-10H2,(H,18,22)(H,20,21). The van der Waals surface area contributed by atoms with Gasteiger partial charge in [-0.2, -0.15) is 0 Å². The molecule has 5 heteroatoms. The van der Waals surface area contributed by atoms with E-state index < -0.39 is 0 Å². The number of carbonyl (C=O) groups excluding carboxylic acids is 2. The van der Waals surface area contributed by atoms with E-state index in [-0.39, 0.29) is 17.9 Å². The zero-order valence-corrected chi connectivity index (χ0v) is 12.5. The topological polar surface area (TPSA) is 74.0 Å². The lowest BCUT2D eigenvalue weighted by molar-refractivity contribution is -0.128. The number of fused-ring (bicyclic) bond motifs is 1. The fraction of sp³-hybridized carbons (Fsp3) is 0.412. The summed E-state index contributed by atoms with van der Waals surface area (Å²) < 4.78 is 0. The molecule has 0 spiro atoms. The van der Waals surface area contributed by atoms with Gasteiger partial charge in [0, 0.05) is 30.1 Å². The minimum absolute atomic E-state index is 0.0192. The van der Waals surface area contributed by atoms with Gasteiger partial charge in [-0.15, -0.1) is 0 Å². The highest BCUT2D eigenvalue weighted by Gasteiger charge is 2.22. The summed E-state index contributed by atoms with van der Waals surface area (Å²) >= 11 is 0. The number of aromatic nitrogens is 1. The van der Waals surface area contributed by atoms with Crippen molar-refractivity contribution >= 4 is 22.7 Å². The SMILES string of the molecule is O=C1CCCCC(C(=O)NCCc2c[nH]c3ccccc23)N1. The summed E-state index contributed by atoms with van der Waals surface area (Å²) in [6, 6.07) is 7.75. The molecule has 3 N–H and O–H groups in total. The summed E-state index contributed by atoms with van der Waals surface area (Å²) in [4.78, 5) is 26.9. The van der Waals surface area contributed by atoms with Gasteiger partial charge in [-0.1, -0.05) is 24.6 Å². The third kappa shape index (κ3) is 3.30. The Morgan fingerprint density at radius 3 is 3.05 bits per heavy atom. The van der Waals surface area contributed by atoms with E-state index in [1.165, 1.54) is 10.9 Å². The van der Waals surface area contributed by atoms with Crippen molar-refractivity contribution in [3.8, 4) is 0 Å². The fourth-order valence-electron chi connectivity index (χ4n) is 2.95. The summed E-state index contributed by atoms with van der Waals surface area (Å²) in [5.74, 6) is -0.0932. The molecule has 2 amide bonds. The van der Waals surface area contributed by atoms with E-state index >= 15 is 0 Å². The molecule has 1 aliphatic rings. The van der Waals surface area contributed by atoms with Crippen LogP contribution >= 0.6 is 0 Å². The first kappa shape index (κ1) is 14.6. The van der Waals surface area contributed by atoms with Crippen molar-refractivity contribution in [1.29, 1.82) is 0 Å². The van der Waals surface area contributed by atoms with Crippen LogP contribution in [0, 0.1) is 0 Å². The molecule has 5 nitrogen and oxygen atoms in total. The first-order chi connectivity index (χ1) is 10.7. The predicted molar refractivity (Wildman–Crippen MR) is 85.4 cm³/mol. The smallest absolute Gasteiger partial charge is 0.242 e. The lowest BCUT2D eigenvalue weighted by atomic mass is 10.1. The van der Waals surface area contributed by atoms with Gasteiger partial charge in [0.2, 0.25) is 11.8 Å². The van der Waals surface area contributed by atoms with Crippen molar-refractivity contribution < 1.29 is 9.59 Å². The highest BCUT2D eigenvalue weighted by molar-refractivity contribution is 5.88. The molecule has 1 aromatic heterocycles. The molecule has 1 aliphatic heterocycles. The zero-order chi connectivity index (χ0) is 15.4. The van der Waals surface area contributed by atoms with E-state index in [0.29, 0.717) is 13.0 Å². The number of para-hydroxylation sites is 1. The normalized spacial score (nSPS) is 18.7. The number of H-pyrrole nitrogens is 1. The van der Waals surface area contributed by atoms with Gasteiger partial charge in [-0.3, -0.25) is 9.59 Å². The number of amides is 2. The van der Waals surface area contributed by atoms with Crippen LogP contribution in [0.3, 0.4) is 0 Å². The summed E-state index contributed by atoms with van der Waals surface area (Å²) in [7, 11) is 0. The number of rotatable bonds is 4. The molecular formula is C17H21N3O2. The molecule has 2 heterocycles. The van der Waals surface area contributed by atoms with Crippen molar-refractivity contribution in [2.75, 3.05) is 6.54 Å². The highest BCUT2D eigenvalue weighted by atomic mass is 16.2. The molecule has 22 heavy (non-hydrogen) atoms. The monoisotopic (exact) mass is 299 g/mol. The van der Waals surface area contributed by atoms with Gasteiger partial charge >= 0.3 is 0 Å². The highest BCUT2D eigenvalue weighted by Crippen LogP contribution is 2.17. The second-order valence-corrected chi connectivity index (χ2v) is 5.77. The van der Waals surface area contributed by atoms with Gasteiger partial charge in [-0.05, 0) is 30.9 Å². The van der Waals surface area contributed by atoms with Gasteiger partial charge in [-0.25, -0.2) is 0 Å². The van der Waals surface area contributed by atoms with Crippen molar-refractivity contribution in [1.82, 2.24) is 15.6 Å². The molecule has 1 aromatic carbocycles. The van der Waals surface area contributed by atoms with Gasteiger partial charge in [0.05, 0.1) is 0 Å². The van der Waals surface area contributed by atoms with E-state index in [2.05, 4.69) is 21.7 Å². The summed E-state index contributed by atoms with van der Waals surface area (Å²) in [6.07, 6.45) is 5.80. The number of nitrogens with one attached hydrogen (secondary N) is 3. The fourth-order valence-corrected chi connectivity index (χ4v) is 2.95. The molecular weight excluding hydrogens is 278 g/mol. The first-order valence-corrected chi connectivity index (χ1v) is 7.86. The van der Waals surface area contributed by atoms with Crippen LogP contribution in [0.5, 0.6) is 0 Å². The first-order valence-electron chi connectivity index (χ1n) is 7.86. The van der Waals surface area contributed by atoms with E-state index in [1.807, 2.05) is 24.4 Å². The third-order valence-electron chi connectivity index (χ3n) is 4.17. The largest absolute Gasteiger partial charge is 0.361 e. The maximum absolute atomic E-state index is 12.2.